The van der Waals surface area contributed by atoms with Gasteiger partial charge in [-0.2, -0.15) is 10.2 Å². The Bertz CT molecular complexity index is 1200. The molecule has 1 amide bonds. The van der Waals surface area contributed by atoms with Gasteiger partial charge in [0.25, 0.3) is 5.91 Å². The van der Waals surface area contributed by atoms with Crippen LogP contribution < -0.4 is 5.32 Å². The largest absolute Gasteiger partial charge is 0.319 e. The molecule has 0 spiro atoms. The van der Waals surface area contributed by atoms with E-state index in [2.05, 4.69) is 20.5 Å². The molecule has 28 heavy (non-hydrogen) atoms. The summed E-state index contributed by atoms with van der Waals surface area (Å²) in [4.78, 5) is 17.8. The Labute approximate surface area is 163 Å². The van der Waals surface area contributed by atoms with Gasteiger partial charge < -0.3 is 5.32 Å². The number of para-hydroxylation sites is 1. The van der Waals surface area contributed by atoms with E-state index in [1.165, 1.54) is 0 Å². The molecule has 1 aromatic carbocycles. The van der Waals surface area contributed by atoms with Crippen LogP contribution in [0.15, 0.2) is 36.4 Å². The molecule has 0 saturated heterocycles. The van der Waals surface area contributed by atoms with Gasteiger partial charge in [0.1, 0.15) is 0 Å². The number of nitrogens with one attached hydrogen (secondary N) is 1. The van der Waals surface area contributed by atoms with Crippen LogP contribution in [0.2, 0.25) is 0 Å². The standard InChI is InChI=1S/C21H22N6O/c1-12-11-17(21(28)23-19-14(3)24-26(5)15(19)4)18-13(2)25-27(20(18)22-12)16-9-7-6-8-10-16/h6-11H,1-5H3,(H,23,28). The Morgan fingerprint density at radius 2 is 1.71 bits per heavy atom. The first-order chi connectivity index (χ1) is 13.4. The summed E-state index contributed by atoms with van der Waals surface area (Å²) in [7, 11) is 1.86. The van der Waals surface area contributed by atoms with Crippen molar-refractivity contribution in [2.24, 2.45) is 7.05 Å². The number of carbonyl (C=O) groups excluding carboxylic acids is 1. The van der Waals surface area contributed by atoms with Gasteiger partial charge >= 0.3 is 0 Å². The van der Waals surface area contributed by atoms with Gasteiger partial charge in [-0.1, -0.05) is 18.2 Å². The lowest BCUT2D eigenvalue weighted by atomic mass is 10.1. The second-order valence-electron chi connectivity index (χ2n) is 6.97. The second-order valence-corrected chi connectivity index (χ2v) is 6.97. The zero-order chi connectivity index (χ0) is 20.0. The van der Waals surface area contributed by atoms with Crippen LogP contribution in [0.3, 0.4) is 0 Å². The van der Waals surface area contributed by atoms with Gasteiger partial charge in [-0.15, -0.1) is 0 Å². The fraction of sp³-hybridized carbons (Fsp3) is 0.238. The minimum absolute atomic E-state index is 0.189. The van der Waals surface area contributed by atoms with Crippen LogP contribution in [-0.4, -0.2) is 30.5 Å². The molecule has 7 heteroatoms. The number of benzene rings is 1. The molecule has 4 rings (SSSR count). The molecule has 7 nitrogen and oxygen atoms in total. The molecule has 0 aliphatic rings. The van der Waals surface area contributed by atoms with Gasteiger partial charge in [-0.3, -0.25) is 9.48 Å². The number of hydrogen-bond donors (Lipinski definition) is 1. The van der Waals surface area contributed by atoms with Crippen LogP contribution in [0.1, 0.15) is 33.1 Å². The summed E-state index contributed by atoms with van der Waals surface area (Å²) in [5.41, 5.74) is 6.09. The highest BCUT2D eigenvalue weighted by atomic mass is 16.1. The highest BCUT2D eigenvalue weighted by Crippen LogP contribution is 2.26. The molecule has 4 aromatic rings. The summed E-state index contributed by atoms with van der Waals surface area (Å²) >= 11 is 0. The normalized spacial score (nSPS) is 11.2. The number of aromatic nitrogens is 5. The van der Waals surface area contributed by atoms with E-state index in [0.29, 0.717) is 11.2 Å². The number of fused-ring (bicyclic) bond motifs is 1. The van der Waals surface area contributed by atoms with Crippen molar-refractivity contribution in [1.82, 2.24) is 24.5 Å². The summed E-state index contributed by atoms with van der Waals surface area (Å²) in [5, 5.41) is 12.8. The molecule has 3 aromatic heterocycles. The van der Waals surface area contributed by atoms with Crippen molar-refractivity contribution in [3.63, 3.8) is 0 Å². The van der Waals surface area contributed by atoms with Crippen molar-refractivity contribution in [3.05, 3.63) is 64.7 Å². The number of aryl methyl sites for hydroxylation is 4. The van der Waals surface area contributed by atoms with Crippen LogP contribution in [-0.2, 0) is 7.05 Å². The lowest BCUT2D eigenvalue weighted by Gasteiger charge is -2.09. The number of hydrogen-bond acceptors (Lipinski definition) is 4. The Morgan fingerprint density at radius 1 is 1.00 bits per heavy atom. The second kappa shape index (κ2) is 6.60. The van der Waals surface area contributed by atoms with E-state index in [9.17, 15) is 4.79 Å². The third-order valence-corrected chi connectivity index (χ3v) is 4.93. The van der Waals surface area contributed by atoms with Crippen molar-refractivity contribution >= 4 is 22.6 Å². The highest BCUT2D eigenvalue weighted by molar-refractivity contribution is 6.13. The molecule has 142 valence electrons. The highest BCUT2D eigenvalue weighted by Gasteiger charge is 2.21. The molecule has 0 atom stereocenters. The van der Waals surface area contributed by atoms with Gasteiger partial charge in [-0.25, -0.2) is 9.67 Å². The molecule has 0 saturated carbocycles. The van der Waals surface area contributed by atoms with E-state index in [-0.39, 0.29) is 5.91 Å². The van der Waals surface area contributed by atoms with E-state index < -0.39 is 0 Å². The van der Waals surface area contributed by atoms with E-state index >= 15 is 0 Å². The zero-order valence-electron chi connectivity index (χ0n) is 16.6. The molecule has 0 aliphatic heterocycles. The Hall–Kier alpha value is -3.48. The number of carbonyl (C=O) groups is 1. The van der Waals surface area contributed by atoms with Gasteiger partial charge in [0, 0.05) is 12.7 Å². The maximum absolute atomic E-state index is 13.2. The maximum Gasteiger partial charge on any atom is 0.256 e. The molecule has 0 fully saturated rings. The van der Waals surface area contributed by atoms with Crippen LogP contribution in [0.25, 0.3) is 16.7 Å². The van der Waals surface area contributed by atoms with Gasteiger partial charge in [0.2, 0.25) is 0 Å². The van der Waals surface area contributed by atoms with E-state index in [1.54, 1.807) is 9.36 Å². The van der Waals surface area contributed by atoms with Gasteiger partial charge in [-0.05, 0) is 45.9 Å². The minimum atomic E-state index is -0.189. The first kappa shape index (κ1) is 17.9. The number of anilines is 1. The third kappa shape index (κ3) is 2.85. The minimum Gasteiger partial charge on any atom is -0.319 e. The average Bonchev–Trinajstić information content (AvgIpc) is 3.12. The SMILES string of the molecule is Cc1cc(C(=O)Nc2c(C)nn(C)c2C)c2c(C)nn(-c3ccccc3)c2n1. The Morgan fingerprint density at radius 3 is 2.36 bits per heavy atom. The molecule has 0 radical (unpaired) electrons. The van der Waals surface area contributed by atoms with Crippen molar-refractivity contribution < 1.29 is 4.79 Å². The van der Waals surface area contributed by atoms with Crippen LogP contribution >= 0.6 is 0 Å². The number of nitrogens with zero attached hydrogens (tertiary/aromatic N) is 5. The van der Waals surface area contributed by atoms with Crippen molar-refractivity contribution in [3.8, 4) is 5.69 Å². The number of pyridine rings is 1. The van der Waals surface area contributed by atoms with Crippen LogP contribution in [0.5, 0.6) is 0 Å². The van der Waals surface area contributed by atoms with Gasteiger partial charge in [0.15, 0.2) is 5.65 Å². The summed E-state index contributed by atoms with van der Waals surface area (Å²) in [6.07, 6.45) is 0. The van der Waals surface area contributed by atoms with E-state index in [0.717, 1.165) is 39.5 Å². The molecule has 3 heterocycles. The van der Waals surface area contributed by atoms with E-state index in [1.807, 2.05) is 71.1 Å². The van der Waals surface area contributed by atoms with Crippen LogP contribution in [0.4, 0.5) is 5.69 Å². The smallest absolute Gasteiger partial charge is 0.256 e. The molecule has 0 unspecified atom stereocenters. The molecular formula is C21H22N6O. The lowest BCUT2D eigenvalue weighted by molar-refractivity contribution is 0.102. The van der Waals surface area contributed by atoms with Gasteiger partial charge in [0.05, 0.1) is 39.4 Å². The monoisotopic (exact) mass is 374 g/mol. The molecule has 0 bridgehead atoms. The quantitative estimate of drug-likeness (QED) is 0.594. The average molecular weight is 374 g/mol. The topological polar surface area (TPSA) is 77.6 Å². The summed E-state index contributed by atoms with van der Waals surface area (Å²) in [6, 6.07) is 11.6. The molecule has 1 N–H and O–H groups in total. The molecule has 0 aliphatic carbocycles. The summed E-state index contributed by atoms with van der Waals surface area (Å²) in [6.45, 7) is 7.60. The van der Waals surface area contributed by atoms with Crippen molar-refractivity contribution in [1.29, 1.82) is 0 Å². The fourth-order valence-corrected chi connectivity index (χ4v) is 3.48. The Balaban J connectivity index is 1.86. The number of rotatable bonds is 3. The molecular weight excluding hydrogens is 352 g/mol. The number of amides is 1. The first-order valence-corrected chi connectivity index (χ1v) is 9.10. The van der Waals surface area contributed by atoms with Crippen molar-refractivity contribution in [2.45, 2.75) is 27.7 Å². The first-order valence-electron chi connectivity index (χ1n) is 9.10. The fourth-order valence-electron chi connectivity index (χ4n) is 3.48. The third-order valence-electron chi connectivity index (χ3n) is 4.93. The predicted molar refractivity (Wildman–Crippen MR) is 109 cm³/mol. The van der Waals surface area contributed by atoms with Crippen molar-refractivity contribution in [2.75, 3.05) is 5.32 Å². The van der Waals surface area contributed by atoms with E-state index in [4.69, 9.17) is 0 Å². The predicted octanol–water partition coefficient (Wildman–Crippen LogP) is 3.64. The zero-order valence-corrected chi connectivity index (χ0v) is 16.6. The lowest BCUT2D eigenvalue weighted by Crippen LogP contribution is -2.14. The maximum atomic E-state index is 13.2. The summed E-state index contributed by atoms with van der Waals surface area (Å²) in [5.74, 6) is -0.189. The Kier molecular flexibility index (Phi) is 4.22. The summed E-state index contributed by atoms with van der Waals surface area (Å²) < 4.78 is 3.55. The van der Waals surface area contributed by atoms with Crippen LogP contribution in [0, 0.1) is 27.7 Å².